The van der Waals surface area contributed by atoms with Crippen LogP contribution in [0, 0.1) is 0 Å². The molecule has 0 bridgehead atoms. The lowest BCUT2D eigenvalue weighted by atomic mass is 10.0. The molecule has 2 aromatic carbocycles. The number of hydrogen-bond acceptors (Lipinski definition) is 3. The molecule has 2 rings (SSSR count). The largest absolute Gasteiger partial charge is 0.497 e. The molecular weight excluding hydrogens is 312 g/mol. The second kappa shape index (κ2) is 9.23. The molecule has 4 heteroatoms. The average molecular weight is 340 g/mol. The maximum absolute atomic E-state index is 12.1. The van der Waals surface area contributed by atoms with E-state index < -0.39 is 0 Å². The molecule has 0 unspecified atom stereocenters. The molecule has 2 aromatic rings. The molecular formula is C21H28N2O2. The summed E-state index contributed by atoms with van der Waals surface area (Å²) in [4.78, 5) is 14.1. The number of likely N-dealkylation sites (N-methyl/N-ethyl adjacent to an activating group) is 1. The molecule has 0 spiro atoms. The summed E-state index contributed by atoms with van der Waals surface area (Å²) in [6.45, 7) is 6.04. The molecule has 1 N–H and O–H groups in total. The smallest absolute Gasteiger partial charge is 0.234 e. The molecule has 0 fully saturated rings. The molecule has 0 aliphatic carbocycles. The van der Waals surface area contributed by atoms with Crippen molar-refractivity contribution < 1.29 is 9.53 Å². The van der Waals surface area contributed by atoms with Crippen molar-refractivity contribution in [1.82, 2.24) is 10.2 Å². The van der Waals surface area contributed by atoms with E-state index in [1.807, 2.05) is 36.2 Å². The molecule has 134 valence electrons. The Balaban J connectivity index is 1.77. The van der Waals surface area contributed by atoms with Crippen LogP contribution in [0.1, 0.15) is 36.5 Å². The zero-order valence-corrected chi connectivity index (χ0v) is 15.6. The number of carbonyl (C=O) groups is 1. The lowest BCUT2D eigenvalue weighted by Gasteiger charge is -2.17. The Morgan fingerprint density at radius 1 is 1.04 bits per heavy atom. The van der Waals surface area contributed by atoms with Crippen LogP contribution in [0.5, 0.6) is 5.75 Å². The lowest BCUT2D eigenvalue weighted by molar-refractivity contribution is -0.122. The Hall–Kier alpha value is -2.33. The Morgan fingerprint density at radius 3 is 2.20 bits per heavy atom. The molecule has 0 aromatic heterocycles. The summed E-state index contributed by atoms with van der Waals surface area (Å²) in [6.07, 6.45) is 0. The van der Waals surface area contributed by atoms with E-state index >= 15 is 0 Å². The number of amides is 1. The van der Waals surface area contributed by atoms with Gasteiger partial charge in [0.15, 0.2) is 0 Å². The zero-order valence-electron chi connectivity index (χ0n) is 15.6. The Kier molecular flexibility index (Phi) is 7.02. The standard InChI is InChI=1S/C21H28N2O2/c1-16(2)19-9-5-18(6-10-19)14-23(3)15-21(24)22-13-17-7-11-20(25-4)12-8-17/h5-12,16H,13-15H2,1-4H3,(H,22,24). The Morgan fingerprint density at radius 2 is 1.64 bits per heavy atom. The summed E-state index contributed by atoms with van der Waals surface area (Å²) in [5.74, 6) is 1.38. The maximum atomic E-state index is 12.1. The molecule has 25 heavy (non-hydrogen) atoms. The van der Waals surface area contributed by atoms with Crippen LogP contribution in [0.25, 0.3) is 0 Å². The van der Waals surface area contributed by atoms with Crippen LogP contribution in [0.3, 0.4) is 0 Å². The van der Waals surface area contributed by atoms with E-state index in [0.29, 0.717) is 19.0 Å². The molecule has 0 heterocycles. The van der Waals surface area contributed by atoms with Gasteiger partial charge in [0.25, 0.3) is 0 Å². The molecule has 0 saturated heterocycles. The number of benzene rings is 2. The van der Waals surface area contributed by atoms with Crippen LogP contribution >= 0.6 is 0 Å². The number of carbonyl (C=O) groups excluding carboxylic acids is 1. The summed E-state index contributed by atoms with van der Waals surface area (Å²) in [5.41, 5.74) is 3.61. The molecule has 0 aliphatic heterocycles. The third-order valence-corrected chi connectivity index (χ3v) is 4.16. The van der Waals surface area contributed by atoms with E-state index in [-0.39, 0.29) is 5.91 Å². The summed E-state index contributed by atoms with van der Waals surface area (Å²) in [7, 11) is 3.60. The first kappa shape index (κ1) is 19.0. The van der Waals surface area contributed by atoms with E-state index in [1.165, 1.54) is 11.1 Å². The van der Waals surface area contributed by atoms with Gasteiger partial charge in [0.1, 0.15) is 5.75 Å². The summed E-state index contributed by atoms with van der Waals surface area (Å²) in [5, 5.41) is 2.96. The zero-order chi connectivity index (χ0) is 18.2. The number of nitrogens with one attached hydrogen (secondary N) is 1. The van der Waals surface area contributed by atoms with Crippen molar-refractivity contribution in [2.24, 2.45) is 0 Å². The van der Waals surface area contributed by atoms with Gasteiger partial charge in [-0.05, 0) is 41.8 Å². The highest BCUT2D eigenvalue weighted by Gasteiger charge is 2.08. The minimum Gasteiger partial charge on any atom is -0.497 e. The summed E-state index contributed by atoms with van der Waals surface area (Å²) < 4.78 is 5.13. The van der Waals surface area contributed by atoms with Crippen molar-refractivity contribution >= 4 is 5.91 Å². The van der Waals surface area contributed by atoms with Crippen molar-refractivity contribution in [3.63, 3.8) is 0 Å². The van der Waals surface area contributed by atoms with E-state index in [0.717, 1.165) is 17.9 Å². The minimum absolute atomic E-state index is 0.0251. The van der Waals surface area contributed by atoms with Gasteiger partial charge in [-0.25, -0.2) is 0 Å². The first-order valence-electron chi connectivity index (χ1n) is 8.65. The topological polar surface area (TPSA) is 41.6 Å². The minimum atomic E-state index is 0.0251. The summed E-state index contributed by atoms with van der Waals surface area (Å²) >= 11 is 0. The fourth-order valence-electron chi connectivity index (χ4n) is 2.62. The molecule has 1 amide bonds. The average Bonchev–Trinajstić information content (AvgIpc) is 2.60. The van der Waals surface area contributed by atoms with Gasteiger partial charge in [0.05, 0.1) is 13.7 Å². The van der Waals surface area contributed by atoms with E-state index in [2.05, 4.69) is 43.4 Å². The first-order chi connectivity index (χ1) is 12.0. The van der Waals surface area contributed by atoms with Gasteiger partial charge < -0.3 is 10.1 Å². The van der Waals surface area contributed by atoms with Gasteiger partial charge in [-0.15, -0.1) is 0 Å². The highest BCUT2D eigenvalue weighted by molar-refractivity contribution is 5.77. The van der Waals surface area contributed by atoms with Crippen molar-refractivity contribution in [2.75, 3.05) is 20.7 Å². The highest BCUT2D eigenvalue weighted by atomic mass is 16.5. The SMILES string of the molecule is COc1ccc(CNC(=O)CN(C)Cc2ccc(C(C)C)cc2)cc1. The second-order valence-electron chi connectivity index (χ2n) is 6.69. The Bertz CT molecular complexity index is 663. The van der Waals surface area contributed by atoms with Gasteiger partial charge in [-0.2, -0.15) is 0 Å². The number of nitrogens with zero attached hydrogens (tertiary/aromatic N) is 1. The van der Waals surface area contributed by atoms with E-state index in [9.17, 15) is 4.79 Å². The van der Waals surface area contributed by atoms with Crippen LogP contribution in [0.2, 0.25) is 0 Å². The van der Waals surface area contributed by atoms with Gasteiger partial charge in [-0.3, -0.25) is 9.69 Å². The third-order valence-electron chi connectivity index (χ3n) is 4.16. The van der Waals surface area contributed by atoms with E-state index in [1.54, 1.807) is 7.11 Å². The quantitative estimate of drug-likeness (QED) is 0.799. The molecule has 0 saturated carbocycles. The predicted octanol–water partition coefficient (Wildman–Crippen LogP) is 3.57. The Labute approximate surface area is 150 Å². The number of methoxy groups -OCH3 is 1. The monoisotopic (exact) mass is 340 g/mol. The van der Waals surface area contributed by atoms with Gasteiger partial charge >= 0.3 is 0 Å². The fourth-order valence-corrected chi connectivity index (χ4v) is 2.62. The van der Waals surface area contributed by atoms with Crippen LogP contribution in [0.15, 0.2) is 48.5 Å². The lowest BCUT2D eigenvalue weighted by Crippen LogP contribution is -2.34. The maximum Gasteiger partial charge on any atom is 0.234 e. The number of hydrogen-bond donors (Lipinski definition) is 1. The van der Waals surface area contributed by atoms with Gasteiger partial charge in [0.2, 0.25) is 5.91 Å². The van der Waals surface area contributed by atoms with Crippen LogP contribution in [0.4, 0.5) is 0 Å². The van der Waals surface area contributed by atoms with Crippen LogP contribution < -0.4 is 10.1 Å². The summed E-state index contributed by atoms with van der Waals surface area (Å²) in [6, 6.07) is 16.3. The first-order valence-corrected chi connectivity index (χ1v) is 8.65. The molecule has 0 atom stereocenters. The number of ether oxygens (including phenoxy) is 1. The number of rotatable bonds is 8. The third kappa shape index (κ3) is 6.24. The van der Waals surface area contributed by atoms with Crippen LogP contribution in [-0.4, -0.2) is 31.5 Å². The molecule has 0 aliphatic rings. The van der Waals surface area contributed by atoms with Crippen LogP contribution in [-0.2, 0) is 17.9 Å². The van der Waals surface area contributed by atoms with Gasteiger partial charge in [-0.1, -0.05) is 50.2 Å². The fraction of sp³-hybridized carbons (Fsp3) is 0.381. The van der Waals surface area contributed by atoms with Crippen molar-refractivity contribution in [3.8, 4) is 5.75 Å². The van der Waals surface area contributed by atoms with Crippen molar-refractivity contribution in [2.45, 2.75) is 32.9 Å². The van der Waals surface area contributed by atoms with E-state index in [4.69, 9.17) is 4.74 Å². The second-order valence-corrected chi connectivity index (χ2v) is 6.69. The molecule has 4 nitrogen and oxygen atoms in total. The van der Waals surface area contributed by atoms with Gasteiger partial charge in [0, 0.05) is 13.1 Å². The predicted molar refractivity (Wildman–Crippen MR) is 102 cm³/mol. The highest BCUT2D eigenvalue weighted by Crippen LogP contribution is 2.15. The molecule has 0 radical (unpaired) electrons. The normalized spacial score (nSPS) is 11.0. The van der Waals surface area contributed by atoms with Crippen molar-refractivity contribution in [3.05, 3.63) is 65.2 Å². The van der Waals surface area contributed by atoms with Crippen molar-refractivity contribution in [1.29, 1.82) is 0 Å².